The Morgan fingerprint density at radius 1 is 1.22 bits per heavy atom. The lowest BCUT2D eigenvalue weighted by molar-refractivity contribution is -0.157. The Balaban J connectivity index is 2.49. The standard InChI is InChI=1S/C15H20O3/c1-11(2)12-6-8-13(9-7-12)17-10-14(16)18-15(3,4)5/h6-9H,1,10H2,2-5H3. The SMILES string of the molecule is C=C(C)c1ccc(OCC(=O)OC(C)(C)C)cc1. The Morgan fingerprint density at radius 2 is 1.78 bits per heavy atom. The van der Waals surface area contributed by atoms with Gasteiger partial charge in [-0.25, -0.2) is 4.79 Å². The average molecular weight is 248 g/mol. The molecule has 0 aliphatic rings. The Kier molecular flexibility index (Phi) is 4.54. The van der Waals surface area contributed by atoms with E-state index in [4.69, 9.17) is 9.47 Å². The molecule has 0 saturated heterocycles. The Morgan fingerprint density at radius 3 is 2.22 bits per heavy atom. The second kappa shape index (κ2) is 5.71. The van der Waals surface area contributed by atoms with Gasteiger partial charge in [-0.1, -0.05) is 24.3 Å². The van der Waals surface area contributed by atoms with E-state index in [1.54, 1.807) is 0 Å². The Bertz CT molecular complexity index is 424. The van der Waals surface area contributed by atoms with Gasteiger partial charge in [-0.2, -0.15) is 0 Å². The number of benzene rings is 1. The molecule has 0 atom stereocenters. The van der Waals surface area contributed by atoms with Crippen molar-refractivity contribution < 1.29 is 14.3 Å². The summed E-state index contributed by atoms with van der Waals surface area (Å²) in [5.74, 6) is 0.275. The third-order valence-electron chi connectivity index (χ3n) is 2.12. The van der Waals surface area contributed by atoms with Crippen molar-refractivity contribution in [3.63, 3.8) is 0 Å². The number of rotatable bonds is 4. The zero-order chi connectivity index (χ0) is 13.8. The molecule has 18 heavy (non-hydrogen) atoms. The number of hydrogen-bond donors (Lipinski definition) is 0. The molecule has 0 aliphatic heterocycles. The predicted octanol–water partition coefficient (Wildman–Crippen LogP) is 3.44. The first-order valence-electron chi connectivity index (χ1n) is 5.88. The summed E-state index contributed by atoms with van der Waals surface area (Å²) in [5, 5.41) is 0. The van der Waals surface area contributed by atoms with Crippen molar-refractivity contribution in [2.24, 2.45) is 0 Å². The fourth-order valence-corrected chi connectivity index (χ4v) is 1.35. The summed E-state index contributed by atoms with van der Waals surface area (Å²) in [5.41, 5.74) is 1.57. The van der Waals surface area contributed by atoms with Crippen LogP contribution in [0.3, 0.4) is 0 Å². The van der Waals surface area contributed by atoms with Crippen molar-refractivity contribution in [2.45, 2.75) is 33.3 Å². The molecule has 0 unspecified atom stereocenters. The summed E-state index contributed by atoms with van der Waals surface area (Å²) in [6.45, 7) is 11.2. The number of ether oxygens (including phenoxy) is 2. The minimum atomic E-state index is -0.482. The summed E-state index contributed by atoms with van der Waals surface area (Å²) in [6.07, 6.45) is 0. The van der Waals surface area contributed by atoms with Crippen LogP contribution in [0.1, 0.15) is 33.3 Å². The lowest BCUT2D eigenvalue weighted by Gasteiger charge is -2.19. The van der Waals surface area contributed by atoms with E-state index < -0.39 is 5.60 Å². The van der Waals surface area contributed by atoms with Crippen molar-refractivity contribution in [2.75, 3.05) is 6.61 Å². The van der Waals surface area contributed by atoms with Crippen LogP contribution in [-0.4, -0.2) is 18.2 Å². The molecular formula is C15H20O3. The molecule has 0 aliphatic carbocycles. The minimum Gasteiger partial charge on any atom is -0.482 e. The molecule has 0 aromatic heterocycles. The van der Waals surface area contributed by atoms with E-state index >= 15 is 0 Å². The van der Waals surface area contributed by atoms with Gasteiger partial charge in [-0.15, -0.1) is 0 Å². The maximum atomic E-state index is 11.4. The molecule has 1 aromatic carbocycles. The highest BCUT2D eigenvalue weighted by Crippen LogP contribution is 2.17. The van der Waals surface area contributed by atoms with Crippen LogP contribution < -0.4 is 4.74 Å². The Hall–Kier alpha value is -1.77. The van der Waals surface area contributed by atoms with E-state index in [9.17, 15) is 4.79 Å². The smallest absolute Gasteiger partial charge is 0.344 e. The van der Waals surface area contributed by atoms with Gasteiger partial charge in [-0.3, -0.25) is 0 Å². The van der Waals surface area contributed by atoms with Gasteiger partial charge >= 0.3 is 5.97 Å². The van der Waals surface area contributed by atoms with Gasteiger partial charge in [0.1, 0.15) is 11.4 Å². The van der Waals surface area contributed by atoms with E-state index in [0.717, 1.165) is 11.1 Å². The van der Waals surface area contributed by atoms with Crippen LogP contribution in [0.2, 0.25) is 0 Å². The number of carbonyl (C=O) groups excluding carboxylic acids is 1. The van der Waals surface area contributed by atoms with Crippen molar-refractivity contribution in [3.05, 3.63) is 36.4 Å². The third kappa shape index (κ3) is 5.04. The first-order chi connectivity index (χ1) is 8.28. The van der Waals surface area contributed by atoms with Crippen LogP contribution in [0.4, 0.5) is 0 Å². The summed E-state index contributed by atoms with van der Waals surface area (Å²) >= 11 is 0. The van der Waals surface area contributed by atoms with Crippen molar-refractivity contribution in [1.29, 1.82) is 0 Å². The summed E-state index contributed by atoms with van der Waals surface area (Å²) in [6, 6.07) is 7.45. The van der Waals surface area contributed by atoms with Crippen LogP contribution in [0, 0.1) is 0 Å². The van der Waals surface area contributed by atoms with Crippen LogP contribution in [0.5, 0.6) is 5.75 Å². The average Bonchev–Trinajstić information content (AvgIpc) is 2.24. The maximum absolute atomic E-state index is 11.4. The molecule has 0 fully saturated rings. The number of esters is 1. The highest BCUT2D eigenvalue weighted by Gasteiger charge is 2.16. The van der Waals surface area contributed by atoms with Gasteiger partial charge in [0.05, 0.1) is 0 Å². The van der Waals surface area contributed by atoms with Gasteiger partial charge in [-0.05, 0) is 45.4 Å². The zero-order valence-corrected chi connectivity index (χ0v) is 11.4. The maximum Gasteiger partial charge on any atom is 0.344 e. The monoisotopic (exact) mass is 248 g/mol. The van der Waals surface area contributed by atoms with Gasteiger partial charge in [0.15, 0.2) is 6.61 Å². The fourth-order valence-electron chi connectivity index (χ4n) is 1.35. The van der Waals surface area contributed by atoms with Gasteiger partial charge in [0.25, 0.3) is 0 Å². The van der Waals surface area contributed by atoms with Gasteiger partial charge in [0, 0.05) is 0 Å². The molecule has 0 amide bonds. The van der Waals surface area contributed by atoms with Crippen LogP contribution in [-0.2, 0) is 9.53 Å². The second-order valence-electron chi connectivity index (χ2n) is 5.18. The van der Waals surface area contributed by atoms with E-state index in [1.165, 1.54) is 0 Å². The molecule has 1 rings (SSSR count). The quantitative estimate of drug-likeness (QED) is 0.766. The molecule has 0 radical (unpaired) electrons. The van der Waals surface area contributed by atoms with E-state index in [0.29, 0.717) is 5.75 Å². The van der Waals surface area contributed by atoms with E-state index in [2.05, 4.69) is 6.58 Å². The summed E-state index contributed by atoms with van der Waals surface area (Å²) < 4.78 is 10.5. The summed E-state index contributed by atoms with van der Waals surface area (Å²) in [7, 11) is 0. The number of hydrogen-bond acceptors (Lipinski definition) is 3. The van der Waals surface area contributed by atoms with E-state index in [-0.39, 0.29) is 12.6 Å². The molecule has 1 aromatic rings. The van der Waals surface area contributed by atoms with Crippen molar-refractivity contribution in [3.8, 4) is 5.75 Å². The molecule has 3 nitrogen and oxygen atoms in total. The first kappa shape index (κ1) is 14.3. The molecule has 0 bridgehead atoms. The highest BCUT2D eigenvalue weighted by atomic mass is 16.6. The second-order valence-corrected chi connectivity index (χ2v) is 5.18. The molecule has 3 heteroatoms. The first-order valence-corrected chi connectivity index (χ1v) is 5.88. The number of allylic oxidation sites excluding steroid dienone is 1. The van der Waals surface area contributed by atoms with Crippen molar-refractivity contribution in [1.82, 2.24) is 0 Å². The number of carbonyl (C=O) groups is 1. The normalized spacial score (nSPS) is 10.9. The van der Waals surface area contributed by atoms with E-state index in [1.807, 2.05) is 52.0 Å². The molecular weight excluding hydrogens is 228 g/mol. The molecule has 0 spiro atoms. The predicted molar refractivity (Wildman–Crippen MR) is 72.5 cm³/mol. The lowest BCUT2D eigenvalue weighted by atomic mass is 10.1. The Labute approximate surface area is 108 Å². The topological polar surface area (TPSA) is 35.5 Å². The van der Waals surface area contributed by atoms with Gasteiger partial charge < -0.3 is 9.47 Å². The molecule has 0 saturated carbocycles. The van der Waals surface area contributed by atoms with Crippen molar-refractivity contribution >= 4 is 11.5 Å². The van der Waals surface area contributed by atoms with Crippen LogP contribution in [0.15, 0.2) is 30.8 Å². The highest BCUT2D eigenvalue weighted by molar-refractivity contribution is 5.71. The fraction of sp³-hybridized carbons (Fsp3) is 0.400. The lowest BCUT2D eigenvalue weighted by Crippen LogP contribution is -2.27. The van der Waals surface area contributed by atoms with Gasteiger partial charge in [0.2, 0.25) is 0 Å². The zero-order valence-electron chi connectivity index (χ0n) is 11.4. The van der Waals surface area contributed by atoms with Crippen LogP contribution >= 0.6 is 0 Å². The molecule has 98 valence electrons. The molecule has 0 heterocycles. The molecule has 0 N–H and O–H groups in total. The largest absolute Gasteiger partial charge is 0.482 e. The summed E-state index contributed by atoms with van der Waals surface area (Å²) in [4.78, 5) is 11.4. The minimum absolute atomic E-state index is 0.0797. The third-order valence-corrected chi connectivity index (χ3v) is 2.12. The van der Waals surface area contributed by atoms with Crippen LogP contribution in [0.25, 0.3) is 5.57 Å².